The number of fused-ring (bicyclic) bond motifs is 1. The summed E-state index contributed by atoms with van der Waals surface area (Å²) in [5, 5.41) is 11.0. The molecule has 0 N–H and O–H groups in total. The molecule has 0 aromatic heterocycles. The summed E-state index contributed by atoms with van der Waals surface area (Å²) in [6.07, 6.45) is 0.919. The molecule has 0 bridgehead atoms. The molecule has 0 saturated carbocycles. The van der Waals surface area contributed by atoms with Gasteiger partial charge in [0, 0.05) is 45.2 Å². The number of benzene rings is 2. The Labute approximate surface area is 173 Å². The van der Waals surface area contributed by atoms with Gasteiger partial charge in [-0.15, -0.1) is 0 Å². The Bertz CT molecular complexity index is 1050. The molecule has 1 fully saturated rings. The molecule has 29 heavy (non-hydrogen) atoms. The van der Waals surface area contributed by atoms with Gasteiger partial charge in [-0.3, -0.25) is 15.0 Å². The molecule has 0 radical (unpaired) electrons. The second-order valence-electron chi connectivity index (χ2n) is 7.09. The maximum atomic E-state index is 12.9. The number of ether oxygens (including phenoxy) is 1. The molecule has 1 saturated heterocycles. The van der Waals surface area contributed by atoms with Gasteiger partial charge in [-0.1, -0.05) is 23.7 Å². The van der Waals surface area contributed by atoms with Crippen LogP contribution in [0, 0.1) is 10.1 Å². The first-order valence-electron chi connectivity index (χ1n) is 9.25. The summed E-state index contributed by atoms with van der Waals surface area (Å²) in [7, 11) is -3.81. The van der Waals surface area contributed by atoms with Crippen molar-refractivity contribution in [3.63, 3.8) is 0 Å². The first-order valence-corrected chi connectivity index (χ1v) is 11.1. The van der Waals surface area contributed by atoms with Crippen molar-refractivity contribution in [2.75, 3.05) is 32.8 Å². The quantitative estimate of drug-likeness (QED) is 0.527. The number of rotatable bonds is 5. The van der Waals surface area contributed by atoms with Crippen LogP contribution in [0.1, 0.15) is 11.1 Å². The Morgan fingerprint density at radius 1 is 1.10 bits per heavy atom. The summed E-state index contributed by atoms with van der Waals surface area (Å²) in [6, 6.07) is 9.77. The Morgan fingerprint density at radius 3 is 2.59 bits per heavy atom. The summed E-state index contributed by atoms with van der Waals surface area (Å²) in [6.45, 7) is 3.29. The monoisotopic (exact) mass is 437 g/mol. The highest BCUT2D eigenvalue weighted by atomic mass is 35.5. The summed E-state index contributed by atoms with van der Waals surface area (Å²) in [4.78, 5) is 12.5. The number of hydrogen-bond donors (Lipinski definition) is 0. The summed E-state index contributed by atoms with van der Waals surface area (Å²) in [5.74, 6) is 0.946. The van der Waals surface area contributed by atoms with Crippen LogP contribution >= 0.6 is 11.6 Å². The lowest BCUT2D eigenvalue weighted by Crippen LogP contribution is -2.48. The number of nitrogens with zero attached hydrogens (tertiary/aromatic N) is 3. The Hall–Kier alpha value is -2.20. The predicted octanol–water partition coefficient (Wildman–Crippen LogP) is 2.69. The molecule has 2 aromatic carbocycles. The Kier molecular flexibility index (Phi) is 5.48. The third-order valence-electron chi connectivity index (χ3n) is 5.24. The summed E-state index contributed by atoms with van der Waals surface area (Å²) >= 11 is 5.79. The zero-order chi connectivity index (χ0) is 20.6. The molecule has 0 spiro atoms. The van der Waals surface area contributed by atoms with Crippen molar-refractivity contribution < 1.29 is 18.1 Å². The van der Waals surface area contributed by atoms with Gasteiger partial charge in [0.2, 0.25) is 10.0 Å². The maximum Gasteiger partial charge on any atom is 0.289 e. The highest BCUT2D eigenvalue weighted by Crippen LogP contribution is 2.29. The minimum absolute atomic E-state index is 0.0847. The van der Waals surface area contributed by atoms with Crippen LogP contribution in [0.15, 0.2) is 41.3 Å². The second kappa shape index (κ2) is 7.91. The van der Waals surface area contributed by atoms with Crippen LogP contribution in [-0.2, 0) is 23.0 Å². The Balaban J connectivity index is 1.42. The SMILES string of the molecule is O=[N+]([O-])c1cc(S(=O)(=O)N2CCN(Cc3ccc4c(c3)CCO4)CC2)ccc1Cl. The molecule has 2 heterocycles. The minimum atomic E-state index is -3.81. The van der Waals surface area contributed by atoms with Gasteiger partial charge in [0.1, 0.15) is 10.8 Å². The van der Waals surface area contributed by atoms with E-state index in [-0.39, 0.29) is 9.92 Å². The van der Waals surface area contributed by atoms with Crippen molar-refractivity contribution in [3.8, 4) is 5.75 Å². The lowest BCUT2D eigenvalue weighted by Gasteiger charge is -2.34. The molecule has 0 aliphatic carbocycles. The van der Waals surface area contributed by atoms with E-state index in [1.807, 2.05) is 12.1 Å². The molecule has 10 heteroatoms. The minimum Gasteiger partial charge on any atom is -0.493 e. The van der Waals surface area contributed by atoms with E-state index < -0.39 is 20.6 Å². The topological polar surface area (TPSA) is 93.0 Å². The van der Waals surface area contributed by atoms with Crippen molar-refractivity contribution >= 4 is 27.3 Å². The molecule has 8 nitrogen and oxygen atoms in total. The molecule has 2 aromatic rings. The highest BCUT2D eigenvalue weighted by Gasteiger charge is 2.30. The number of halogens is 1. The molecule has 0 amide bonds. The first kappa shape index (κ1) is 20.1. The lowest BCUT2D eigenvalue weighted by atomic mass is 10.1. The number of sulfonamides is 1. The number of nitro benzene ring substituents is 1. The van der Waals surface area contributed by atoms with E-state index in [9.17, 15) is 18.5 Å². The van der Waals surface area contributed by atoms with Gasteiger partial charge >= 0.3 is 0 Å². The molecule has 154 valence electrons. The smallest absolute Gasteiger partial charge is 0.289 e. The van der Waals surface area contributed by atoms with Crippen LogP contribution in [0.25, 0.3) is 0 Å². The fourth-order valence-corrected chi connectivity index (χ4v) is 5.30. The van der Waals surface area contributed by atoms with Gasteiger partial charge in [0.15, 0.2) is 0 Å². The van der Waals surface area contributed by atoms with Crippen molar-refractivity contribution in [1.29, 1.82) is 0 Å². The van der Waals surface area contributed by atoms with Gasteiger partial charge in [0.05, 0.1) is 16.4 Å². The van der Waals surface area contributed by atoms with E-state index in [1.165, 1.54) is 27.6 Å². The normalized spacial score (nSPS) is 17.7. The summed E-state index contributed by atoms with van der Waals surface area (Å²) in [5.41, 5.74) is 1.99. The van der Waals surface area contributed by atoms with E-state index >= 15 is 0 Å². The molecule has 4 rings (SSSR count). The zero-order valence-electron chi connectivity index (χ0n) is 15.6. The number of nitro groups is 1. The lowest BCUT2D eigenvalue weighted by molar-refractivity contribution is -0.384. The average Bonchev–Trinajstić information content (AvgIpc) is 3.16. The molecule has 0 atom stereocenters. The molecule has 2 aliphatic heterocycles. The first-order chi connectivity index (χ1) is 13.8. The summed E-state index contributed by atoms with van der Waals surface area (Å²) < 4.78 is 32.7. The van der Waals surface area contributed by atoms with Crippen LogP contribution in [0.3, 0.4) is 0 Å². The third-order valence-corrected chi connectivity index (χ3v) is 7.46. The van der Waals surface area contributed by atoms with Crippen LogP contribution in [-0.4, -0.2) is 55.3 Å². The van der Waals surface area contributed by atoms with Crippen LogP contribution in [0.2, 0.25) is 5.02 Å². The van der Waals surface area contributed by atoms with E-state index in [2.05, 4.69) is 11.0 Å². The van der Waals surface area contributed by atoms with Crippen LogP contribution < -0.4 is 4.74 Å². The molecule has 0 unspecified atom stereocenters. The van der Waals surface area contributed by atoms with Crippen molar-refractivity contribution in [3.05, 3.63) is 62.7 Å². The Morgan fingerprint density at radius 2 is 1.86 bits per heavy atom. The van der Waals surface area contributed by atoms with E-state index in [0.717, 1.165) is 31.4 Å². The largest absolute Gasteiger partial charge is 0.493 e. The van der Waals surface area contributed by atoms with Gasteiger partial charge in [-0.2, -0.15) is 4.31 Å². The molecular weight excluding hydrogens is 418 g/mol. The third kappa shape index (κ3) is 4.09. The second-order valence-corrected chi connectivity index (χ2v) is 9.44. The van der Waals surface area contributed by atoms with Crippen molar-refractivity contribution in [1.82, 2.24) is 9.21 Å². The maximum absolute atomic E-state index is 12.9. The average molecular weight is 438 g/mol. The van der Waals surface area contributed by atoms with Crippen molar-refractivity contribution in [2.45, 2.75) is 17.9 Å². The van der Waals surface area contributed by atoms with Gasteiger partial charge in [0.25, 0.3) is 5.69 Å². The van der Waals surface area contributed by atoms with Gasteiger partial charge in [-0.05, 0) is 29.3 Å². The highest BCUT2D eigenvalue weighted by molar-refractivity contribution is 7.89. The van der Waals surface area contributed by atoms with E-state index in [4.69, 9.17) is 16.3 Å². The number of piperazine rings is 1. The molecular formula is C19H20ClN3O5S. The van der Waals surface area contributed by atoms with Crippen molar-refractivity contribution in [2.24, 2.45) is 0 Å². The zero-order valence-corrected chi connectivity index (χ0v) is 17.2. The van der Waals surface area contributed by atoms with Crippen LogP contribution in [0.5, 0.6) is 5.75 Å². The predicted molar refractivity (Wildman–Crippen MR) is 108 cm³/mol. The van der Waals surface area contributed by atoms with E-state index in [0.29, 0.717) is 26.2 Å². The fourth-order valence-electron chi connectivity index (χ4n) is 3.67. The molecule has 2 aliphatic rings. The van der Waals surface area contributed by atoms with Gasteiger partial charge < -0.3 is 4.74 Å². The van der Waals surface area contributed by atoms with E-state index in [1.54, 1.807) is 0 Å². The standard InChI is InChI=1S/C19H20ClN3O5S/c20-17-3-2-16(12-18(17)23(24)25)29(26,27)22-8-6-21(7-9-22)13-14-1-4-19-15(11-14)5-10-28-19/h1-4,11-12H,5-10,13H2. The fraction of sp³-hybridized carbons (Fsp3) is 0.368. The van der Waals surface area contributed by atoms with Crippen LogP contribution in [0.4, 0.5) is 5.69 Å². The van der Waals surface area contributed by atoms with Gasteiger partial charge in [-0.25, -0.2) is 8.42 Å². The number of hydrogen-bond acceptors (Lipinski definition) is 6.